The zero-order valence-corrected chi connectivity index (χ0v) is 15.8. The summed E-state index contributed by atoms with van der Waals surface area (Å²) >= 11 is 0. The molecule has 2 rings (SSSR count). The molecular weight excluding hydrogens is 313 g/mol. The van der Waals surface area contributed by atoms with Gasteiger partial charge in [0.05, 0.1) is 0 Å². The fraction of sp³-hybridized carbons (Fsp3) is 0.364. The minimum Gasteiger partial charge on any atom is -0.380 e. The van der Waals surface area contributed by atoms with E-state index < -0.39 is 5.60 Å². The lowest BCUT2D eigenvalue weighted by atomic mass is 9.76. The van der Waals surface area contributed by atoms with Gasteiger partial charge in [-0.2, -0.15) is 0 Å². The molecule has 0 saturated carbocycles. The highest BCUT2D eigenvalue weighted by molar-refractivity contribution is 5.56. The van der Waals surface area contributed by atoms with Gasteiger partial charge in [-0.1, -0.05) is 49.4 Å². The number of hydrogen-bond donors (Lipinski definition) is 1. The summed E-state index contributed by atoms with van der Waals surface area (Å²) in [6, 6.07) is 14.8. The molecule has 2 aromatic rings. The Labute approximate surface area is 150 Å². The summed E-state index contributed by atoms with van der Waals surface area (Å²) in [4.78, 5) is 2.06. The Morgan fingerprint density at radius 2 is 1.84 bits per heavy atom. The van der Waals surface area contributed by atoms with E-state index in [0.717, 1.165) is 16.7 Å². The average molecular weight is 341 g/mol. The van der Waals surface area contributed by atoms with E-state index in [-0.39, 0.29) is 11.7 Å². The molecule has 0 radical (unpaired) electrons. The lowest BCUT2D eigenvalue weighted by Crippen LogP contribution is -2.40. The molecule has 2 aromatic carbocycles. The summed E-state index contributed by atoms with van der Waals surface area (Å²) in [5.74, 6) is -0.316. The molecule has 25 heavy (non-hydrogen) atoms. The van der Waals surface area contributed by atoms with E-state index in [1.165, 1.54) is 6.07 Å². The molecule has 0 saturated heterocycles. The van der Waals surface area contributed by atoms with Crippen LogP contribution in [0.15, 0.2) is 54.1 Å². The number of nitrogens with zero attached hydrogens (tertiary/aromatic N) is 1. The van der Waals surface area contributed by atoms with Crippen LogP contribution < -0.4 is 0 Å². The number of aryl methyl sites for hydroxylation is 1. The van der Waals surface area contributed by atoms with Crippen molar-refractivity contribution in [1.82, 2.24) is 4.90 Å². The SMILES string of the molecule is C/C(=C\c1ccccc1)C(O)(c1ccc(F)c(C)c1)C(C)CN(C)C. The molecule has 1 N–H and O–H groups in total. The van der Waals surface area contributed by atoms with Crippen LogP contribution in [-0.4, -0.2) is 30.6 Å². The van der Waals surface area contributed by atoms with E-state index in [0.29, 0.717) is 12.1 Å². The molecule has 0 aliphatic carbocycles. The van der Waals surface area contributed by atoms with Crippen LogP contribution in [-0.2, 0) is 5.60 Å². The minimum absolute atomic E-state index is 0.0627. The normalized spacial score (nSPS) is 15.9. The number of halogens is 1. The van der Waals surface area contributed by atoms with Gasteiger partial charge >= 0.3 is 0 Å². The molecule has 0 aromatic heterocycles. The zero-order chi connectivity index (χ0) is 18.6. The topological polar surface area (TPSA) is 23.5 Å². The van der Waals surface area contributed by atoms with Gasteiger partial charge < -0.3 is 10.0 Å². The molecule has 0 heterocycles. The Morgan fingerprint density at radius 1 is 1.20 bits per heavy atom. The number of hydrogen-bond acceptors (Lipinski definition) is 2. The van der Waals surface area contributed by atoms with Crippen molar-refractivity contribution in [2.75, 3.05) is 20.6 Å². The van der Waals surface area contributed by atoms with Gasteiger partial charge in [0.25, 0.3) is 0 Å². The Hall–Kier alpha value is -1.97. The summed E-state index contributed by atoms with van der Waals surface area (Å²) in [7, 11) is 3.98. The van der Waals surface area contributed by atoms with Gasteiger partial charge in [-0.05, 0) is 62.3 Å². The van der Waals surface area contributed by atoms with Gasteiger partial charge in [0.2, 0.25) is 0 Å². The quantitative estimate of drug-likeness (QED) is 0.828. The van der Waals surface area contributed by atoms with Gasteiger partial charge in [-0.15, -0.1) is 0 Å². The molecule has 3 heteroatoms. The molecule has 0 fully saturated rings. The third-order valence-electron chi connectivity index (χ3n) is 4.73. The molecule has 0 spiro atoms. The van der Waals surface area contributed by atoms with Gasteiger partial charge in [0.15, 0.2) is 0 Å². The second-order valence-corrected chi connectivity index (χ2v) is 7.13. The molecule has 2 unspecified atom stereocenters. The number of benzene rings is 2. The Bertz CT molecular complexity index is 739. The first-order chi connectivity index (χ1) is 11.7. The molecule has 0 amide bonds. The van der Waals surface area contributed by atoms with E-state index in [1.54, 1.807) is 19.1 Å². The summed E-state index contributed by atoms with van der Waals surface area (Å²) in [6.07, 6.45) is 2.00. The molecular formula is C22H28FNO. The number of rotatable bonds is 6. The third-order valence-corrected chi connectivity index (χ3v) is 4.73. The fourth-order valence-electron chi connectivity index (χ4n) is 3.37. The van der Waals surface area contributed by atoms with Crippen LogP contribution in [0.3, 0.4) is 0 Å². The highest BCUT2D eigenvalue weighted by atomic mass is 19.1. The predicted octanol–water partition coefficient (Wildman–Crippen LogP) is 4.62. The maximum absolute atomic E-state index is 13.7. The van der Waals surface area contributed by atoms with Crippen LogP contribution in [0.4, 0.5) is 4.39 Å². The summed E-state index contributed by atoms with van der Waals surface area (Å²) < 4.78 is 13.7. The molecule has 2 nitrogen and oxygen atoms in total. The van der Waals surface area contributed by atoms with Crippen molar-refractivity contribution in [2.45, 2.75) is 26.4 Å². The predicted molar refractivity (Wildman–Crippen MR) is 103 cm³/mol. The van der Waals surface area contributed by atoms with E-state index in [4.69, 9.17) is 0 Å². The second kappa shape index (κ2) is 7.94. The van der Waals surface area contributed by atoms with Crippen molar-refractivity contribution >= 4 is 6.08 Å². The first-order valence-electron chi connectivity index (χ1n) is 8.62. The van der Waals surface area contributed by atoms with Crippen molar-refractivity contribution in [3.05, 3.63) is 76.6 Å². The van der Waals surface area contributed by atoms with E-state index >= 15 is 0 Å². The van der Waals surface area contributed by atoms with Crippen LogP contribution in [0.5, 0.6) is 0 Å². The largest absolute Gasteiger partial charge is 0.380 e. The van der Waals surface area contributed by atoms with Gasteiger partial charge in [0.1, 0.15) is 11.4 Å². The molecule has 0 bridgehead atoms. The van der Waals surface area contributed by atoms with Crippen molar-refractivity contribution < 1.29 is 9.50 Å². The van der Waals surface area contributed by atoms with Crippen molar-refractivity contribution in [3.63, 3.8) is 0 Å². The van der Waals surface area contributed by atoms with Crippen LogP contribution in [0, 0.1) is 18.7 Å². The maximum atomic E-state index is 13.7. The van der Waals surface area contributed by atoms with E-state index in [1.807, 2.05) is 64.4 Å². The number of aliphatic hydroxyl groups is 1. The highest BCUT2D eigenvalue weighted by Gasteiger charge is 2.38. The summed E-state index contributed by atoms with van der Waals surface area (Å²) in [5.41, 5.74) is 1.98. The fourth-order valence-corrected chi connectivity index (χ4v) is 3.37. The molecule has 0 aliphatic heterocycles. The van der Waals surface area contributed by atoms with Gasteiger partial charge in [0, 0.05) is 12.5 Å². The Kier molecular flexibility index (Phi) is 6.15. The Balaban J connectivity index is 2.55. The van der Waals surface area contributed by atoms with Crippen molar-refractivity contribution in [3.8, 4) is 0 Å². The summed E-state index contributed by atoms with van der Waals surface area (Å²) in [5, 5.41) is 11.7. The van der Waals surface area contributed by atoms with Gasteiger partial charge in [-0.25, -0.2) is 4.39 Å². The first-order valence-corrected chi connectivity index (χ1v) is 8.62. The first kappa shape index (κ1) is 19.4. The third kappa shape index (κ3) is 4.36. The standard InChI is InChI=1S/C22H28FNO/c1-16-13-20(11-12-21(16)23)22(25,18(3)15-24(4)5)17(2)14-19-9-7-6-8-10-19/h6-14,18,25H,15H2,1-5H3/b17-14+. The lowest BCUT2D eigenvalue weighted by Gasteiger charge is -2.37. The van der Waals surface area contributed by atoms with Crippen LogP contribution in [0.1, 0.15) is 30.5 Å². The van der Waals surface area contributed by atoms with Crippen molar-refractivity contribution in [1.29, 1.82) is 0 Å². The molecule has 2 atom stereocenters. The molecule has 0 aliphatic rings. The molecule has 134 valence electrons. The van der Waals surface area contributed by atoms with Crippen LogP contribution in [0.25, 0.3) is 6.08 Å². The van der Waals surface area contributed by atoms with E-state index in [9.17, 15) is 9.50 Å². The Morgan fingerprint density at radius 3 is 2.40 bits per heavy atom. The monoisotopic (exact) mass is 341 g/mol. The lowest BCUT2D eigenvalue weighted by molar-refractivity contribution is 0.0104. The van der Waals surface area contributed by atoms with Crippen LogP contribution >= 0.6 is 0 Å². The van der Waals surface area contributed by atoms with Crippen LogP contribution in [0.2, 0.25) is 0 Å². The average Bonchev–Trinajstić information content (AvgIpc) is 2.56. The smallest absolute Gasteiger partial charge is 0.126 e. The maximum Gasteiger partial charge on any atom is 0.126 e. The summed E-state index contributed by atoms with van der Waals surface area (Å²) in [6.45, 7) is 6.41. The zero-order valence-electron chi connectivity index (χ0n) is 15.8. The second-order valence-electron chi connectivity index (χ2n) is 7.13. The van der Waals surface area contributed by atoms with Gasteiger partial charge in [-0.3, -0.25) is 0 Å². The minimum atomic E-state index is -1.17. The highest BCUT2D eigenvalue weighted by Crippen LogP contribution is 2.38. The van der Waals surface area contributed by atoms with E-state index in [2.05, 4.69) is 4.90 Å². The van der Waals surface area contributed by atoms with Crippen molar-refractivity contribution in [2.24, 2.45) is 5.92 Å².